The van der Waals surface area contributed by atoms with Crippen LogP contribution in [0.1, 0.15) is 16.1 Å². The summed E-state index contributed by atoms with van der Waals surface area (Å²) in [5.74, 6) is -1.56. The molecule has 4 aromatic rings. The molecule has 130 valence electrons. The summed E-state index contributed by atoms with van der Waals surface area (Å²) in [6.07, 6.45) is 1.48. The Morgan fingerprint density at radius 2 is 1.92 bits per heavy atom. The molecule has 6 nitrogen and oxygen atoms in total. The van der Waals surface area contributed by atoms with Gasteiger partial charge in [0.1, 0.15) is 22.8 Å². The Labute approximate surface area is 146 Å². The minimum Gasteiger partial charge on any atom is -0.508 e. The number of pyridine rings is 1. The van der Waals surface area contributed by atoms with Crippen molar-refractivity contribution in [1.29, 1.82) is 0 Å². The number of aromatic hydroxyl groups is 1. The number of phenols is 1. The highest BCUT2D eigenvalue weighted by Crippen LogP contribution is 2.36. The van der Waals surface area contributed by atoms with Crippen molar-refractivity contribution in [2.75, 3.05) is 0 Å². The zero-order chi connectivity index (χ0) is 18.4. The van der Waals surface area contributed by atoms with Gasteiger partial charge < -0.3 is 19.4 Å². The third-order valence-electron chi connectivity index (χ3n) is 4.06. The van der Waals surface area contributed by atoms with Crippen LogP contribution in [0.5, 0.6) is 17.2 Å². The number of carboxylic acids is 1. The summed E-state index contributed by atoms with van der Waals surface area (Å²) in [6, 6.07) is 8.93. The molecule has 0 radical (unpaired) electrons. The fourth-order valence-electron chi connectivity index (χ4n) is 2.89. The lowest BCUT2D eigenvalue weighted by Crippen LogP contribution is -1.97. The summed E-state index contributed by atoms with van der Waals surface area (Å²) < 4.78 is 25.8. The quantitative estimate of drug-likeness (QED) is 0.558. The van der Waals surface area contributed by atoms with Crippen LogP contribution in [0, 0.1) is 12.7 Å². The second kappa shape index (κ2) is 5.73. The number of aromatic carboxylic acids is 1. The first kappa shape index (κ1) is 15.9. The number of furan rings is 1. The van der Waals surface area contributed by atoms with E-state index in [0.29, 0.717) is 16.7 Å². The molecule has 0 saturated carbocycles. The Kier molecular flexibility index (Phi) is 3.50. The number of aryl methyl sites for hydroxylation is 1. The van der Waals surface area contributed by atoms with Gasteiger partial charge in [0.15, 0.2) is 11.3 Å². The van der Waals surface area contributed by atoms with Crippen molar-refractivity contribution in [3.63, 3.8) is 0 Å². The smallest absolute Gasteiger partial charge is 0.339 e. The molecule has 0 bridgehead atoms. The Balaban J connectivity index is 1.84. The Morgan fingerprint density at radius 3 is 2.69 bits per heavy atom. The van der Waals surface area contributed by atoms with Crippen LogP contribution >= 0.6 is 0 Å². The van der Waals surface area contributed by atoms with Gasteiger partial charge in [-0.3, -0.25) is 4.98 Å². The molecule has 2 aromatic heterocycles. The van der Waals surface area contributed by atoms with E-state index in [9.17, 15) is 19.4 Å². The Hall–Kier alpha value is -3.61. The van der Waals surface area contributed by atoms with Gasteiger partial charge in [0.25, 0.3) is 0 Å². The maximum atomic E-state index is 14.8. The SMILES string of the molecule is Cc1oc2c(F)c(Oc3ccnc4cc(O)ccc34)ccc2c1C(=O)O. The highest BCUT2D eigenvalue weighted by molar-refractivity contribution is 6.04. The third-order valence-corrected chi connectivity index (χ3v) is 4.06. The van der Waals surface area contributed by atoms with Crippen LogP contribution in [-0.2, 0) is 0 Å². The van der Waals surface area contributed by atoms with Crippen LogP contribution in [0.3, 0.4) is 0 Å². The molecule has 0 aliphatic rings. The molecule has 0 saturated heterocycles. The Bertz CT molecular complexity index is 1180. The largest absolute Gasteiger partial charge is 0.508 e. The minimum atomic E-state index is -1.19. The molecule has 0 amide bonds. The average molecular weight is 353 g/mol. The highest BCUT2D eigenvalue weighted by atomic mass is 19.1. The monoisotopic (exact) mass is 353 g/mol. The molecule has 4 rings (SSSR count). The standard InChI is InChI=1S/C19H12FNO5/c1-9-16(19(23)24)12-4-5-15(17(20)18(12)25-9)26-14-6-7-21-13-8-10(22)2-3-11(13)14/h2-8,22H,1H3,(H,23,24). The van der Waals surface area contributed by atoms with Gasteiger partial charge in [0.2, 0.25) is 5.82 Å². The normalized spacial score (nSPS) is 11.2. The highest BCUT2D eigenvalue weighted by Gasteiger charge is 2.22. The summed E-state index contributed by atoms with van der Waals surface area (Å²) in [5, 5.41) is 19.6. The molecule has 0 atom stereocenters. The molecular weight excluding hydrogens is 341 g/mol. The molecule has 26 heavy (non-hydrogen) atoms. The first-order valence-corrected chi connectivity index (χ1v) is 7.66. The van der Waals surface area contributed by atoms with Crippen molar-refractivity contribution < 1.29 is 28.6 Å². The molecule has 2 aromatic carbocycles. The number of benzene rings is 2. The zero-order valence-electron chi connectivity index (χ0n) is 13.5. The number of hydrogen-bond donors (Lipinski definition) is 2. The van der Waals surface area contributed by atoms with Gasteiger partial charge in [-0.1, -0.05) is 0 Å². The molecule has 2 N–H and O–H groups in total. The van der Waals surface area contributed by atoms with Crippen molar-refractivity contribution in [1.82, 2.24) is 4.98 Å². The number of fused-ring (bicyclic) bond motifs is 2. The fraction of sp³-hybridized carbons (Fsp3) is 0.0526. The van der Waals surface area contributed by atoms with Crippen LogP contribution in [0.2, 0.25) is 0 Å². The molecule has 2 heterocycles. The van der Waals surface area contributed by atoms with E-state index in [1.165, 1.54) is 37.4 Å². The first-order chi connectivity index (χ1) is 12.5. The lowest BCUT2D eigenvalue weighted by atomic mass is 10.1. The maximum absolute atomic E-state index is 14.8. The average Bonchev–Trinajstić information content (AvgIpc) is 2.94. The van der Waals surface area contributed by atoms with E-state index in [2.05, 4.69) is 4.98 Å². The summed E-state index contributed by atoms with van der Waals surface area (Å²) >= 11 is 0. The predicted molar refractivity (Wildman–Crippen MR) is 91.4 cm³/mol. The van der Waals surface area contributed by atoms with Crippen LogP contribution in [0.25, 0.3) is 21.9 Å². The number of halogens is 1. The van der Waals surface area contributed by atoms with E-state index in [1.807, 2.05) is 0 Å². The van der Waals surface area contributed by atoms with Gasteiger partial charge in [-0.15, -0.1) is 0 Å². The second-order valence-corrected chi connectivity index (χ2v) is 5.71. The van der Waals surface area contributed by atoms with Crippen molar-refractivity contribution >= 4 is 27.8 Å². The zero-order valence-corrected chi connectivity index (χ0v) is 13.5. The molecule has 0 spiro atoms. The number of aromatic nitrogens is 1. The van der Waals surface area contributed by atoms with Gasteiger partial charge in [-0.25, -0.2) is 4.79 Å². The van der Waals surface area contributed by atoms with Crippen molar-refractivity contribution in [3.05, 3.63) is 59.7 Å². The van der Waals surface area contributed by atoms with Crippen LogP contribution in [-0.4, -0.2) is 21.2 Å². The Morgan fingerprint density at radius 1 is 1.15 bits per heavy atom. The second-order valence-electron chi connectivity index (χ2n) is 5.71. The maximum Gasteiger partial charge on any atom is 0.339 e. The molecular formula is C19H12FNO5. The summed E-state index contributed by atoms with van der Waals surface area (Å²) in [7, 11) is 0. The third kappa shape index (κ3) is 2.41. The van der Waals surface area contributed by atoms with E-state index in [0.717, 1.165) is 0 Å². The predicted octanol–water partition coefficient (Wildman–Crippen LogP) is 4.62. The van der Waals surface area contributed by atoms with Gasteiger partial charge >= 0.3 is 5.97 Å². The number of carbonyl (C=O) groups is 1. The van der Waals surface area contributed by atoms with Crippen LogP contribution in [0.4, 0.5) is 4.39 Å². The summed E-state index contributed by atoms with van der Waals surface area (Å²) in [4.78, 5) is 15.5. The van der Waals surface area contributed by atoms with Crippen molar-refractivity contribution in [3.8, 4) is 17.2 Å². The van der Waals surface area contributed by atoms with Gasteiger partial charge in [0, 0.05) is 23.0 Å². The van der Waals surface area contributed by atoms with Crippen LogP contribution in [0.15, 0.2) is 47.0 Å². The van der Waals surface area contributed by atoms with Crippen molar-refractivity contribution in [2.24, 2.45) is 0 Å². The summed E-state index contributed by atoms with van der Waals surface area (Å²) in [6.45, 7) is 1.46. The first-order valence-electron chi connectivity index (χ1n) is 7.66. The summed E-state index contributed by atoms with van der Waals surface area (Å²) in [5.41, 5.74) is 0.245. The van der Waals surface area contributed by atoms with Gasteiger partial charge in [0.05, 0.1) is 5.52 Å². The van der Waals surface area contributed by atoms with Crippen LogP contribution < -0.4 is 4.74 Å². The lowest BCUT2D eigenvalue weighted by molar-refractivity contribution is 0.0697. The number of rotatable bonds is 3. The molecule has 0 aliphatic carbocycles. The van der Waals surface area contributed by atoms with Crippen molar-refractivity contribution in [2.45, 2.75) is 6.92 Å². The molecule has 0 unspecified atom stereocenters. The molecule has 7 heteroatoms. The van der Waals surface area contributed by atoms with Gasteiger partial charge in [-0.2, -0.15) is 4.39 Å². The number of nitrogens with zero attached hydrogens (tertiary/aromatic N) is 1. The topological polar surface area (TPSA) is 92.8 Å². The van der Waals surface area contributed by atoms with E-state index >= 15 is 0 Å². The number of ether oxygens (including phenoxy) is 1. The number of carboxylic acid groups (broad SMARTS) is 1. The number of hydrogen-bond acceptors (Lipinski definition) is 5. The van der Waals surface area contributed by atoms with E-state index in [1.54, 1.807) is 12.1 Å². The number of phenolic OH excluding ortho intramolecular Hbond substituents is 1. The van der Waals surface area contributed by atoms with E-state index in [4.69, 9.17) is 9.15 Å². The van der Waals surface area contributed by atoms with E-state index < -0.39 is 11.8 Å². The fourth-order valence-corrected chi connectivity index (χ4v) is 2.89. The van der Waals surface area contributed by atoms with Gasteiger partial charge in [-0.05, 0) is 37.3 Å². The molecule has 0 aliphatic heterocycles. The van der Waals surface area contributed by atoms with E-state index in [-0.39, 0.29) is 33.8 Å². The lowest BCUT2D eigenvalue weighted by Gasteiger charge is -2.09. The minimum absolute atomic E-state index is 0.0574. The molecule has 0 fully saturated rings.